The highest BCUT2D eigenvalue weighted by Crippen LogP contribution is 2.21. The molecular formula is C20H23N5O2. The molecule has 7 nitrogen and oxygen atoms in total. The number of benzene rings is 1. The van der Waals surface area contributed by atoms with Crippen LogP contribution in [-0.4, -0.2) is 26.2 Å². The first-order valence-electron chi connectivity index (χ1n) is 9.49. The van der Waals surface area contributed by atoms with Crippen molar-refractivity contribution < 1.29 is 9.32 Å². The molecule has 2 aromatic heterocycles. The van der Waals surface area contributed by atoms with Gasteiger partial charge >= 0.3 is 0 Å². The summed E-state index contributed by atoms with van der Waals surface area (Å²) >= 11 is 0. The van der Waals surface area contributed by atoms with Gasteiger partial charge in [-0.05, 0) is 31.2 Å². The Morgan fingerprint density at radius 3 is 2.89 bits per heavy atom. The monoisotopic (exact) mass is 365 g/mol. The van der Waals surface area contributed by atoms with E-state index in [1.807, 2.05) is 30.3 Å². The molecule has 1 aliphatic rings. The molecule has 0 fully saturated rings. The van der Waals surface area contributed by atoms with Crippen LogP contribution in [-0.2, 0) is 30.6 Å². The number of hydrogen-bond donors (Lipinski definition) is 2. The second-order valence-electron chi connectivity index (χ2n) is 6.84. The molecule has 0 saturated heterocycles. The molecule has 0 bridgehead atoms. The Morgan fingerprint density at radius 1 is 1.15 bits per heavy atom. The zero-order chi connectivity index (χ0) is 18.5. The van der Waals surface area contributed by atoms with Crippen molar-refractivity contribution in [2.75, 3.05) is 0 Å². The van der Waals surface area contributed by atoms with Crippen molar-refractivity contribution >= 4 is 5.91 Å². The van der Waals surface area contributed by atoms with Crippen LogP contribution in [0.2, 0.25) is 0 Å². The zero-order valence-electron chi connectivity index (χ0n) is 15.2. The molecule has 2 heterocycles. The quantitative estimate of drug-likeness (QED) is 0.655. The number of carbonyl (C=O) groups is 1. The molecule has 1 amide bonds. The van der Waals surface area contributed by atoms with E-state index in [1.165, 1.54) is 30.5 Å². The highest BCUT2D eigenvalue weighted by Gasteiger charge is 2.16. The second-order valence-corrected chi connectivity index (χ2v) is 6.84. The Hall–Kier alpha value is -2.96. The molecule has 27 heavy (non-hydrogen) atoms. The fraction of sp³-hybridized carbons (Fsp3) is 0.400. The van der Waals surface area contributed by atoms with Gasteiger partial charge in [0.05, 0.1) is 12.2 Å². The van der Waals surface area contributed by atoms with Crippen molar-refractivity contribution in [2.45, 2.75) is 51.5 Å². The van der Waals surface area contributed by atoms with Crippen molar-refractivity contribution in [3.05, 3.63) is 53.2 Å². The Kier molecular flexibility index (Phi) is 5.27. The molecule has 0 spiro atoms. The van der Waals surface area contributed by atoms with Gasteiger partial charge in [0, 0.05) is 24.1 Å². The third kappa shape index (κ3) is 4.24. The largest absolute Gasteiger partial charge is 0.350 e. The predicted octanol–water partition coefficient (Wildman–Crippen LogP) is 2.98. The molecule has 1 aliphatic carbocycles. The topological polar surface area (TPSA) is 96.7 Å². The van der Waals surface area contributed by atoms with Crippen molar-refractivity contribution in [3.63, 3.8) is 0 Å². The first-order valence-corrected chi connectivity index (χ1v) is 9.49. The summed E-state index contributed by atoms with van der Waals surface area (Å²) in [7, 11) is 0. The van der Waals surface area contributed by atoms with Gasteiger partial charge in [-0.2, -0.15) is 10.1 Å². The van der Waals surface area contributed by atoms with Crippen LogP contribution in [0.25, 0.3) is 11.4 Å². The summed E-state index contributed by atoms with van der Waals surface area (Å²) in [6.07, 6.45) is 6.47. The van der Waals surface area contributed by atoms with Gasteiger partial charge in [-0.3, -0.25) is 9.89 Å². The SMILES string of the molecule is O=C(CCc1nc(-c2ccccc2)no1)NCc1n[nH]c2c1CCCCC2. The summed E-state index contributed by atoms with van der Waals surface area (Å²) in [6, 6.07) is 9.64. The molecule has 140 valence electrons. The number of aryl methyl sites for hydroxylation is 2. The van der Waals surface area contributed by atoms with Crippen LogP contribution in [0.15, 0.2) is 34.9 Å². The summed E-state index contributed by atoms with van der Waals surface area (Å²) in [5.41, 5.74) is 4.38. The fourth-order valence-corrected chi connectivity index (χ4v) is 3.42. The lowest BCUT2D eigenvalue weighted by Crippen LogP contribution is -2.23. The van der Waals surface area contributed by atoms with E-state index in [-0.39, 0.29) is 5.91 Å². The average molecular weight is 365 g/mol. The molecule has 0 saturated carbocycles. The van der Waals surface area contributed by atoms with Gasteiger partial charge in [0.25, 0.3) is 0 Å². The molecule has 2 N–H and O–H groups in total. The Bertz CT molecular complexity index is 900. The average Bonchev–Trinajstić information content (AvgIpc) is 3.26. The number of rotatable bonds is 6. The number of carbonyl (C=O) groups excluding carboxylic acids is 1. The van der Waals surface area contributed by atoms with Gasteiger partial charge in [0.15, 0.2) is 0 Å². The summed E-state index contributed by atoms with van der Waals surface area (Å²) < 4.78 is 5.25. The Balaban J connectivity index is 1.28. The predicted molar refractivity (Wildman–Crippen MR) is 99.7 cm³/mol. The van der Waals surface area contributed by atoms with Crippen molar-refractivity contribution in [2.24, 2.45) is 0 Å². The van der Waals surface area contributed by atoms with E-state index in [2.05, 4.69) is 25.7 Å². The Labute approximate surface area is 157 Å². The maximum atomic E-state index is 12.2. The minimum atomic E-state index is -0.0418. The van der Waals surface area contributed by atoms with Crippen molar-refractivity contribution in [1.29, 1.82) is 0 Å². The van der Waals surface area contributed by atoms with Crippen LogP contribution in [0, 0.1) is 0 Å². The first-order chi connectivity index (χ1) is 13.3. The lowest BCUT2D eigenvalue weighted by atomic mass is 10.1. The van der Waals surface area contributed by atoms with Crippen LogP contribution < -0.4 is 5.32 Å². The van der Waals surface area contributed by atoms with E-state index in [0.29, 0.717) is 31.1 Å². The van der Waals surface area contributed by atoms with Gasteiger partial charge < -0.3 is 9.84 Å². The molecule has 3 aromatic rings. The lowest BCUT2D eigenvalue weighted by Gasteiger charge is -2.04. The smallest absolute Gasteiger partial charge is 0.227 e. The van der Waals surface area contributed by atoms with Crippen molar-refractivity contribution in [3.8, 4) is 11.4 Å². The maximum Gasteiger partial charge on any atom is 0.227 e. The molecule has 0 unspecified atom stereocenters. The fourth-order valence-electron chi connectivity index (χ4n) is 3.42. The molecule has 1 aromatic carbocycles. The van der Waals surface area contributed by atoms with Gasteiger partial charge in [-0.1, -0.05) is 41.9 Å². The number of hydrogen-bond acceptors (Lipinski definition) is 5. The number of H-pyrrole nitrogens is 1. The van der Waals surface area contributed by atoms with Crippen LogP contribution in [0.3, 0.4) is 0 Å². The number of fused-ring (bicyclic) bond motifs is 1. The maximum absolute atomic E-state index is 12.2. The highest BCUT2D eigenvalue weighted by molar-refractivity contribution is 5.76. The second kappa shape index (κ2) is 8.16. The summed E-state index contributed by atoms with van der Waals surface area (Å²) in [6.45, 7) is 0.462. The van der Waals surface area contributed by atoms with E-state index in [4.69, 9.17) is 4.52 Å². The summed E-state index contributed by atoms with van der Waals surface area (Å²) in [5.74, 6) is 0.975. The number of aromatic amines is 1. The van der Waals surface area contributed by atoms with E-state index in [1.54, 1.807) is 0 Å². The molecular weight excluding hydrogens is 342 g/mol. The Morgan fingerprint density at radius 2 is 2.00 bits per heavy atom. The third-order valence-corrected chi connectivity index (χ3v) is 4.91. The molecule has 0 aliphatic heterocycles. The molecule has 7 heteroatoms. The van der Waals surface area contributed by atoms with Crippen LogP contribution >= 0.6 is 0 Å². The van der Waals surface area contributed by atoms with Gasteiger partial charge in [-0.25, -0.2) is 0 Å². The summed E-state index contributed by atoms with van der Waals surface area (Å²) in [5, 5.41) is 14.4. The molecule has 0 radical (unpaired) electrons. The molecule has 0 atom stereocenters. The standard InChI is InChI=1S/C20H23N5O2/c26-18(21-13-17-15-9-5-2-6-10-16(15)23-24-17)11-12-19-22-20(25-27-19)14-7-3-1-4-8-14/h1,3-4,7-8H,2,5-6,9-13H2,(H,21,26)(H,23,24). The third-order valence-electron chi connectivity index (χ3n) is 4.91. The number of aromatic nitrogens is 4. The highest BCUT2D eigenvalue weighted by atomic mass is 16.5. The lowest BCUT2D eigenvalue weighted by molar-refractivity contribution is -0.121. The van der Waals surface area contributed by atoms with Gasteiger partial charge in [0.1, 0.15) is 0 Å². The number of nitrogens with zero attached hydrogens (tertiary/aromatic N) is 3. The minimum absolute atomic E-state index is 0.0418. The van der Waals surface area contributed by atoms with Crippen LogP contribution in [0.4, 0.5) is 0 Å². The van der Waals surface area contributed by atoms with Crippen molar-refractivity contribution in [1.82, 2.24) is 25.7 Å². The molecule has 4 rings (SSSR count). The minimum Gasteiger partial charge on any atom is -0.350 e. The van der Waals surface area contributed by atoms with E-state index in [0.717, 1.165) is 24.1 Å². The van der Waals surface area contributed by atoms with E-state index in [9.17, 15) is 4.79 Å². The van der Waals surface area contributed by atoms with Gasteiger partial charge in [0.2, 0.25) is 17.6 Å². The number of nitrogens with one attached hydrogen (secondary N) is 2. The number of amides is 1. The van der Waals surface area contributed by atoms with Gasteiger partial charge in [-0.15, -0.1) is 0 Å². The summed E-state index contributed by atoms with van der Waals surface area (Å²) in [4.78, 5) is 16.5. The van der Waals surface area contributed by atoms with Crippen LogP contribution in [0.5, 0.6) is 0 Å². The van der Waals surface area contributed by atoms with E-state index >= 15 is 0 Å². The van der Waals surface area contributed by atoms with Crippen LogP contribution in [0.1, 0.15) is 48.5 Å². The first kappa shape index (κ1) is 17.5. The normalized spacial score (nSPS) is 13.8. The van der Waals surface area contributed by atoms with E-state index < -0.39 is 0 Å². The zero-order valence-corrected chi connectivity index (χ0v) is 15.2.